The summed E-state index contributed by atoms with van der Waals surface area (Å²) in [5.74, 6) is 0.121. The van der Waals surface area contributed by atoms with Gasteiger partial charge in [0.2, 0.25) is 0 Å². The van der Waals surface area contributed by atoms with E-state index in [2.05, 4.69) is 11.8 Å². The molecule has 0 unspecified atom stereocenters. The van der Waals surface area contributed by atoms with E-state index in [1.54, 1.807) is 0 Å². The van der Waals surface area contributed by atoms with Crippen molar-refractivity contribution in [3.8, 4) is 0 Å². The fraction of sp³-hybridized carbons (Fsp3) is 0.300. The molecule has 1 rings (SSSR count). The van der Waals surface area contributed by atoms with Crippen LogP contribution in [0.3, 0.4) is 0 Å². The SMILES string of the molecule is CCN(C)c1ccccc1C(=N)N. The molecule has 70 valence electrons. The third-order valence-electron chi connectivity index (χ3n) is 2.08. The highest BCUT2D eigenvalue weighted by atomic mass is 15.1. The first-order chi connectivity index (χ1) is 6.16. The molecule has 3 heteroatoms. The summed E-state index contributed by atoms with van der Waals surface area (Å²) >= 11 is 0. The van der Waals surface area contributed by atoms with Gasteiger partial charge in [-0.1, -0.05) is 12.1 Å². The highest BCUT2D eigenvalue weighted by molar-refractivity contribution is 6.00. The van der Waals surface area contributed by atoms with Crippen LogP contribution in [0.15, 0.2) is 24.3 Å². The Hall–Kier alpha value is -1.51. The zero-order valence-electron chi connectivity index (χ0n) is 8.04. The van der Waals surface area contributed by atoms with E-state index < -0.39 is 0 Å². The van der Waals surface area contributed by atoms with Gasteiger partial charge in [0, 0.05) is 24.8 Å². The Labute approximate surface area is 78.7 Å². The molecule has 0 bridgehead atoms. The summed E-state index contributed by atoms with van der Waals surface area (Å²) in [7, 11) is 1.99. The van der Waals surface area contributed by atoms with Crippen LogP contribution in [0.1, 0.15) is 12.5 Å². The molecule has 0 radical (unpaired) electrons. The van der Waals surface area contributed by atoms with Gasteiger partial charge in [-0.2, -0.15) is 0 Å². The summed E-state index contributed by atoms with van der Waals surface area (Å²) in [6.45, 7) is 2.97. The van der Waals surface area contributed by atoms with Crippen molar-refractivity contribution in [2.45, 2.75) is 6.92 Å². The van der Waals surface area contributed by atoms with Crippen LogP contribution >= 0.6 is 0 Å². The van der Waals surface area contributed by atoms with Crippen LogP contribution in [-0.4, -0.2) is 19.4 Å². The quantitative estimate of drug-likeness (QED) is 0.542. The lowest BCUT2D eigenvalue weighted by atomic mass is 10.1. The van der Waals surface area contributed by atoms with Crippen molar-refractivity contribution >= 4 is 11.5 Å². The smallest absolute Gasteiger partial charge is 0.124 e. The van der Waals surface area contributed by atoms with Gasteiger partial charge in [0.1, 0.15) is 5.84 Å². The zero-order chi connectivity index (χ0) is 9.84. The van der Waals surface area contributed by atoms with Crippen molar-refractivity contribution in [2.75, 3.05) is 18.5 Å². The van der Waals surface area contributed by atoms with Crippen molar-refractivity contribution in [3.05, 3.63) is 29.8 Å². The standard InChI is InChI=1S/C10H15N3/c1-3-13(2)9-7-5-4-6-8(9)10(11)12/h4-7H,3H2,1-2H3,(H3,11,12). The zero-order valence-corrected chi connectivity index (χ0v) is 8.04. The lowest BCUT2D eigenvalue weighted by Gasteiger charge is -2.19. The summed E-state index contributed by atoms with van der Waals surface area (Å²) in [4.78, 5) is 2.07. The monoisotopic (exact) mass is 177 g/mol. The van der Waals surface area contributed by atoms with Crippen molar-refractivity contribution in [3.63, 3.8) is 0 Å². The number of nitrogens with one attached hydrogen (secondary N) is 1. The molecule has 0 amide bonds. The molecule has 1 aromatic rings. The lowest BCUT2D eigenvalue weighted by molar-refractivity contribution is 0.966. The second-order valence-electron chi connectivity index (χ2n) is 2.95. The van der Waals surface area contributed by atoms with Crippen molar-refractivity contribution in [2.24, 2.45) is 5.73 Å². The number of anilines is 1. The van der Waals surface area contributed by atoms with Crippen LogP contribution in [-0.2, 0) is 0 Å². The fourth-order valence-electron chi connectivity index (χ4n) is 1.20. The van der Waals surface area contributed by atoms with Crippen molar-refractivity contribution in [1.29, 1.82) is 5.41 Å². The first-order valence-electron chi connectivity index (χ1n) is 4.31. The molecule has 0 fully saturated rings. The number of para-hydroxylation sites is 1. The normalized spacial score (nSPS) is 9.69. The van der Waals surface area contributed by atoms with Crippen LogP contribution in [0, 0.1) is 5.41 Å². The molecule has 0 aromatic heterocycles. The number of nitrogens with two attached hydrogens (primary N) is 1. The minimum absolute atomic E-state index is 0.121. The Morgan fingerprint density at radius 2 is 2.08 bits per heavy atom. The average molecular weight is 177 g/mol. The van der Waals surface area contributed by atoms with Gasteiger partial charge >= 0.3 is 0 Å². The lowest BCUT2D eigenvalue weighted by Crippen LogP contribution is -2.21. The maximum absolute atomic E-state index is 7.40. The molecule has 0 aliphatic heterocycles. The minimum atomic E-state index is 0.121. The molecule has 0 aliphatic rings. The highest BCUT2D eigenvalue weighted by Gasteiger charge is 2.06. The third-order valence-corrected chi connectivity index (χ3v) is 2.08. The second kappa shape index (κ2) is 3.94. The minimum Gasteiger partial charge on any atom is -0.384 e. The summed E-state index contributed by atoms with van der Waals surface area (Å²) in [5.41, 5.74) is 7.27. The molecule has 13 heavy (non-hydrogen) atoms. The fourth-order valence-corrected chi connectivity index (χ4v) is 1.20. The molecule has 0 spiro atoms. The van der Waals surface area contributed by atoms with Gasteiger partial charge in [-0.3, -0.25) is 5.41 Å². The molecule has 0 heterocycles. The molecule has 0 atom stereocenters. The van der Waals surface area contributed by atoms with E-state index in [0.29, 0.717) is 0 Å². The van der Waals surface area contributed by atoms with Crippen molar-refractivity contribution in [1.82, 2.24) is 0 Å². The molecule has 3 nitrogen and oxygen atoms in total. The Morgan fingerprint density at radius 3 is 2.62 bits per heavy atom. The second-order valence-corrected chi connectivity index (χ2v) is 2.95. The number of hydrogen-bond acceptors (Lipinski definition) is 2. The van der Waals surface area contributed by atoms with Crippen LogP contribution in [0.4, 0.5) is 5.69 Å². The van der Waals surface area contributed by atoms with E-state index in [4.69, 9.17) is 11.1 Å². The molecule has 0 saturated heterocycles. The van der Waals surface area contributed by atoms with Crippen LogP contribution in [0.25, 0.3) is 0 Å². The first kappa shape index (κ1) is 9.58. The predicted molar refractivity (Wildman–Crippen MR) is 56.4 cm³/mol. The topological polar surface area (TPSA) is 53.1 Å². The van der Waals surface area contributed by atoms with E-state index in [-0.39, 0.29) is 5.84 Å². The number of hydrogen-bond donors (Lipinski definition) is 2. The van der Waals surface area contributed by atoms with Crippen LogP contribution in [0.5, 0.6) is 0 Å². The Morgan fingerprint density at radius 1 is 1.46 bits per heavy atom. The maximum atomic E-state index is 7.40. The predicted octanol–water partition coefficient (Wildman–Crippen LogP) is 1.43. The van der Waals surface area contributed by atoms with Gasteiger partial charge in [0.25, 0.3) is 0 Å². The number of amidine groups is 1. The van der Waals surface area contributed by atoms with Crippen LogP contribution < -0.4 is 10.6 Å². The van der Waals surface area contributed by atoms with E-state index in [1.807, 2.05) is 31.3 Å². The molecule has 3 N–H and O–H groups in total. The van der Waals surface area contributed by atoms with Gasteiger partial charge in [-0.05, 0) is 19.1 Å². The summed E-state index contributed by atoms with van der Waals surface area (Å²) in [6.07, 6.45) is 0. The summed E-state index contributed by atoms with van der Waals surface area (Å²) in [6, 6.07) is 7.68. The number of nitrogen functional groups attached to an aromatic ring is 1. The largest absolute Gasteiger partial charge is 0.384 e. The maximum Gasteiger partial charge on any atom is 0.124 e. The number of benzene rings is 1. The highest BCUT2D eigenvalue weighted by Crippen LogP contribution is 2.17. The summed E-state index contributed by atoms with van der Waals surface area (Å²) in [5, 5.41) is 7.40. The molecule has 0 aliphatic carbocycles. The Kier molecular flexibility index (Phi) is 2.90. The van der Waals surface area contributed by atoms with E-state index in [9.17, 15) is 0 Å². The van der Waals surface area contributed by atoms with Gasteiger partial charge in [0.15, 0.2) is 0 Å². The molecule has 1 aromatic carbocycles. The van der Waals surface area contributed by atoms with Gasteiger partial charge in [-0.25, -0.2) is 0 Å². The van der Waals surface area contributed by atoms with E-state index in [1.165, 1.54) is 0 Å². The molecule has 0 saturated carbocycles. The summed E-state index contributed by atoms with van der Waals surface area (Å²) < 4.78 is 0. The Bertz CT molecular complexity index is 307. The molecular weight excluding hydrogens is 162 g/mol. The van der Waals surface area contributed by atoms with Crippen LogP contribution in [0.2, 0.25) is 0 Å². The van der Waals surface area contributed by atoms with Gasteiger partial charge < -0.3 is 10.6 Å². The molecular formula is C10H15N3. The van der Waals surface area contributed by atoms with E-state index in [0.717, 1.165) is 17.8 Å². The average Bonchev–Trinajstić information content (AvgIpc) is 2.16. The van der Waals surface area contributed by atoms with Gasteiger partial charge in [-0.15, -0.1) is 0 Å². The van der Waals surface area contributed by atoms with E-state index >= 15 is 0 Å². The van der Waals surface area contributed by atoms with Crippen molar-refractivity contribution < 1.29 is 0 Å². The Balaban J connectivity index is 3.11. The number of nitrogens with zero attached hydrogens (tertiary/aromatic N) is 1. The van der Waals surface area contributed by atoms with Gasteiger partial charge in [0.05, 0.1) is 0 Å². The number of rotatable bonds is 3. The third kappa shape index (κ3) is 1.99. The first-order valence-corrected chi connectivity index (χ1v) is 4.31.